The van der Waals surface area contributed by atoms with E-state index in [1.807, 2.05) is 0 Å². The molecule has 0 aliphatic rings. The monoisotopic (exact) mass is 203 g/mol. The van der Waals surface area contributed by atoms with E-state index in [2.05, 4.69) is 5.32 Å². The van der Waals surface area contributed by atoms with Gasteiger partial charge in [0.15, 0.2) is 0 Å². The Bertz CT molecular complexity index is 203. The standard InChI is InChI=1S/C9H17NO4/c1-6(2)14-9(13)7(10-3)4-5-8(11)12/h6-7,10H,4-5H2,1-3H3,(H,11,12). The topological polar surface area (TPSA) is 75.6 Å². The van der Waals surface area contributed by atoms with E-state index in [1.54, 1.807) is 20.9 Å². The predicted molar refractivity (Wildman–Crippen MR) is 50.9 cm³/mol. The minimum atomic E-state index is -0.914. The normalized spacial score (nSPS) is 12.6. The number of likely N-dealkylation sites (N-methyl/N-ethyl adjacent to an activating group) is 1. The first-order valence-electron chi connectivity index (χ1n) is 4.57. The number of hydrogen-bond donors (Lipinski definition) is 2. The summed E-state index contributed by atoms with van der Waals surface area (Å²) in [6.07, 6.45) is 0.0268. The Morgan fingerprint density at radius 1 is 1.43 bits per heavy atom. The van der Waals surface area contributed by atoms with Gasteiger partial charge in [0.1, 0.15) is 6.04 Å². The Balaban J connectivity index is 3.99. The van der Waals surface area contributed by atoms with E-state index in [4.69, 9.17) is 9.84 Å². The van der Waals surface area contributed by atoms with Crippen molar-refractivity contribution in [2.45, 2.75) is 38.8 Å². The third-order valence-electron chi connectivity index (χ3n) is 1.63. The summed E-state index contributed by atoms with van der Waals surface area (Å²) in [6, 6.07) is -0.534. The van der Waals surface area contributed by atoms with Crippen LogP contribution in [-0.2, 0) is 14.3 Å². The molecule has 0 saturated carbocycles. The zero-order valence-corrected chi connectivity index (χ0v) is 8.74. The van der Waals surface area contributed by atoms with Crippen LogP contribution in [0.3, 0.4) is 0 Å². The average Bonchev–Trinajstić information content (AvgIpc) is 2.03. The molecule has 0 fully saturated rings. The van der Waals surface area contributed by atoms with Crippen molar-refractivity contribution < 1.29 is 19.4 Å². The second kappa shape index (κ2) is 6.37. The number of carbonyl (C=O) groups is 2. The molecule has 0 aliphatic heterocycles. The third kappa shape index (κ3) is 5.53. The lowest BCUT2D eigenvalue weighted by atomic mass is 10.1. The smallest absolute Gasteiger partial charge is 0.323 e. The lowest BCUT2D eigenvalue weighted by molar-refractivity contribution is -0.150. The van der Waals surface area contributed by atoms with E-state index < -0.39 is 18.0 Å². The van der Waals surface area contributed by atoms with Gasteiger partial charge in [0, 0.05) is 6.42 Å². The predicted octanol–water partition coefficient (Wildman–Crippen LogP) is 0.391. The highest BCUT2D eigenvalue weighted by Crippen LogP contribution is 2.01. The zero-order valence-electron chi connectivity index (χ0n) is 8.74. The molecule has 0 rings (SSSR count). The number of hydrogen-bond acceptors (Lipinski definition) is 4. The van der Waals surface area contributed by atoms with Crippen LogP contribution in [0.25, 0.3) is 0 Å². The summed E-state index contributed by atoms with van der Waals surface area (Å²) < 4.78 is 4.94. The third-order valence-corrected chi connectivity index (χ3v) is 1.63. The summed E-state index contributed by atoms with van der Waals surface area (Å²) in [6.45, 7) is 3.50. The van der Waals surface area contributed by atoms with Crippen LogP contribution in [0.15, 0.2) is 0 Å². The van der Waals surface area contributed by atoms with Crippen LogP contribution < -0.4 is 5.32 Å². The molecule has 0 spiro atoms. The lowest BCUT2D eigenvalue weighted by Gasteiger charge is -2.15. The number of rotatable bonds is 6. The van der Waals surface area contributed by atoms with E-state index >= 15 is 0 Å². The fourth-order valence-corrected chi connectivity index (χ4v) is 0.962. The van der Waals surface area contributed by atoms with E-state index in [9.17, 15) is 9.59 Å². The summed E-state index contributed by atoms with van der Waals surface area (Å²) in [5.74, 6) is -1.31. The Hall–Kier alpha value is -1.10. The van der Waals surface area contributed by atoms with Crippen molar-refractivity contribution in [2.24, 2.45) is 0 Å². The van der Waals surface area contributed by atoms with Crippen molar-refractivity contribution in [3.8, 4) is 0 Å². The largest absolute Gasteiger partial charge is 0.481 e. The first-order valence-corrected chi connectivity index (χ1v) is 4.57. The van der Waals surface area contributed by atoms with Crippen LogP contribution >= 0.6 is 0 Å². The average molecular weight is 203 g/mol. The van der Waals surface area contributed by atoms with E-state index in [0.717, 1.165) is 0 Å². The lowest BCUT2D eigenvalue weighted by Crippen LogP contribution is -2.37. The van der Waals surface area contributed by atoms with Gasteiger partial charge < -0.3 is 15.2 Å². The molecule has 5 nitrogen and oxygen atoms in total. The zero-order chi connectivity index (χ0) is 11.1. The van der Waals surface area contributed by atoms with Crippen LogP contribution in [0.1, 0.15) is 26.7 Å². The molecule has 5 heteroatoms. The molecular formula is C9H17NO4. The van der Waals surface area contributed by atoms with Crippen LogP contribution in [0.2, 0.25) is 0 Å². The summed E-state index contributed by atoms with van der Waals surface area (Å²) in [4.78, 5) is 21.6. The van der Waals surface area contributed by atoms with Crippen molar-refractivity contribution in [1.82, 2.24) is 5.32 Å². The molecular weight excluding hydrogens is 186 g/mol. The van der Waals surface area contributed by atoms with Gasteiger partial charge in [-0.05, 0) is 27.3 Å². The SMILES string of the molecule is CNC(CCC(=O)O)C(=O)OC(C)C. The minimum absolute atomic E-state index is 0.0430. The fraction of sp³-hybridized carbons (Fsp3) is 0.778. The number of carboxylic acids is 1. The van der Waals surface area contributed by atoms with Crippen molar-refractivity contribution in [3.05, 3.63) is 0 Å². The molecule has 0 aromatic heterocycles. The van der Waals surface area contributed by atoms with Crippen molar-refractivity contribution in [1.29, 1.82) is 0 Å². The fourth-order valence-electron chi connectivity index (χ4n) is 0.962. The quantitative estimate of drug-likeness (QED) is 0.611. The first kappa shape index (κ1) is 12.9. The van der Waals surface area contributed by atoms with Gasteiger partial charge in [-0.15, -0.1) is 0 Å². The molecule has 1 unspecified atom stereocenters. The van der Waals surface area contributed by atoms with Crippen LogP contribution in [0.5, 0.6) is 0 Å². The van der Waals surface area contributed by atoms with Crippen LogP contribution in [0, 0.1) is 0 Å². The van der Waals surface area contributed by atoms with Gasteiger partial charge in [-0.3, -0.25) is 9.59 Å². The van der Waals surface area contributed by atoms with Gasteiger partial charge in [-0.25, -0.2) is 0 Å². The van der Waals surface area contributed by atoms with E-state index in [1.165, 1.54) is 0 Å². The Kier molecular flexibility index (Phi) is 5.87. The number of aliphatic carboxylic acids is 1. The molecule has 2 N–H and O–H groups in total. The Morgan fingerprint density at radius 3 is 2.36 bits per heavy atom. The summed E-state index contributed by atoms with van der Waals surface area (Å²) in [5.41, 5.74) is 0. The van der Waals surface area contributed by atoms with Crippen molar-refractivity contribution in [2.75, 3.05) is 7.05 Å². The first-order chi connectivity index (χ1) is 6.47. The summed E-state index contributed by atoms with van der Waals surface area (Å²) in [7, 11) is 1.61. The highest BCUT2D eigenvalue weighted by molar-refractivity contribution is 5.77. The van der Waals surface area contributed by atoms with Crippen LogP contribution in [-0.4, -0.2) is 36.2 Å². The van der Waals surface area contributed by atoms with Crippen LogP contribution in [0.4, 0.5) is 0 Å². The van der Waals surface area contributed by atoms with Gasteiger partial charge >= 0.3 is 11.9 Å². The van der Waals surface area contributed by atoms with Gasteiger partial charge in [-0.2, -0.15) is 0 Å². The maximum absolute atomic E-state index is 11.3. The second-order valence-electron chi connectivity index (χ2n) is 3.26. The summed E-state index contributed by atoms with van der Waals surface area (Å²) in [5, 5.41) is 11.2. The molecule has 0 amide bonds. The molecule has 1 atom stereocenters. The molecule has 14 heavy (non-hydrogen) atoms. The molecule has 82 valence electrons. The highest BCUT2D eigenvalue weighted by Gasteiger charge is 2.19. The van der Waals surface area contributed by atoms with E-state index in [-0.39, 0.29) is 18.9 Å². The number of nitrogens with one attached hydrogen (secondary N) is 1. The molecule has 0 saturated heterocycles. The maximum atomic E-state index is 11.3. The minimum Gasteiger partial charge on any atom is -0.481 e. The van der Waals surface area contributed by atoms with Gasteiger partial charge in [0.25, 0.3) is 0 Å². The Morgan fingerprint density at radius 2 is 2.00 bits per heavy atom. The molecule has 0 radical (unpaired) electrons. The molecule has 0 aromatic carbocycles. The molecule has 0 aromatic rings. The highest BCUT2D eigenvalue weighted by atomic mass is 16.5. The molecule has 0 bridgehead atoms. The summed E-state index contributed by atoms with van der Waals surface area (Å²) >= 11 is 0. The maximum Gasteiger partial charge on any atom is 0.323 e. The number of carboxylic acid groups (broad SMARTS) is 1. The van der Waals surface area contributed by atoms with E-state index in [0.29, 0.717) is 0 Å². The number of ether oxygens (including phenoxy) is 1. The molecule has 0 heterocycles. The number of esters is 1. The van der Waals surface area contributed by atoms with Crippen molar-refractivity contribution in [3.63, 3.8) is 0 Å². The van der Waals surface area contributed by atoms with Gasteiger partial charge in [0.2, 0.25) is 0 Å². The van der Waals surface area contributed by atoms with Gasteiger partial charge in [0.05, 0.1) is 6.10 Å². The van der Waals surface area contributed by atoms with Crippen molar-refractivity contribution >= 4 is 11.9 Å². The molecule has 0 aliphatic carbocycles. The van der Waals surface area contributed by atoms with Gasteiger partial charge in [-0.1, -0.05) is 0 Å². The number of carbonyl (C=O) groups excluding carboxylic acids is 1. The second-order valence-corrected chi connectivity index (χ2v) is 3.26. The Labute approximate surface area is 83.4 Å².